The van der Waals surface area contributed by atoms with E-state index in [1.54, 1.807) is 90.3 Å². The first-order valence-electron chi connectivity index (χ1n) is 29.4. The molecule has 4 amide bonds. The van der Waals surface area contributed by atoms with Crippen molar-refractivity contribution in [3.05, 3.63) is 77.4 Å². The van der Waals surface area contributed by atoms with E-state index in [4.69, 9.17) is 67.3 Å². The van der Waals surface area contributed by atoms with Crippen molar-refractivity contribution >= 4 is 41.2 Å². The van der Waals surface area contributed by atoms with E-state index in [0.29, 0.717) is 168 Å². The Labute approximate surface area is 501 Å². The molecule has 1 aliphatic heterocycles. The Hall–Kier alpha value is -5.57. The second-order valence-corrected chi connectivity index (χ2v) is 21.3. The van der Waals surface area contributed by atoms with E-state index >= 15 is 0 Å². The maximum atomic E-state index is 14.3. The van der Waals surface area contributed by atoms with Gasteiger partial charge in [0.2, 0.25) is 11.8 Å². The number of ketones is 2. The van der Waals surface area contributed by atoms with Gasteiger partial charge in [0.25, 0.3) is 11.8 Å². The molecule has 3 N–H and O–H groups in total. The normalized spacial score (nSPS) is 13.6. The van der Waals surface area contributed by atoms with Gasteiger partial charge in [0, 0.05) is 50.9 Å². The average Bonchev–Trinajstić information content (AvgIpc) is 4.09. The molecule has 478 valence electrons. The fourth-order valence-corrected chi connectivity index (χ4v) is 8.12. The number of unbranched alkanes of at least 4 members (excludes halogenated alkanes) is 1. The molecule has 0 aromatic heterocycles. The van der Waals surface area contributed by atoms with Gasteiger partial charge in [-0.1, -0.05) is 56.7 Å². The standard InChI is InChI=1S/C62H95N3O20/c1-47(2)52(60(71)64-53(9-7-8-10-57(63)68)55(66)44-49-11-13-50(14-12-49)46-85-61(72)62(3,4)5)45-56(67)54(65-58(69)19-20-59(65)70)43-48-15-17-51(18-16-48)84-42-41-83-40-39-82-38-37-81-36-35-80-34-33-79-32-31-78-30-29-77-28-27-76-26-25-75-24-23-74-22-21-73-6/h11-20,47,52-54H,7-10,21-46H2,1-6H3,(H2,63,68)(H,64,71)/t52-,53-,54-/m0/s1. The summed E-state index contributed by atoms with van der Waals surface area (Å²) in [5.41, 5.74) is 6.77. The zero-order valence-corrected chi connectivity index (χ0v) is 51.0. The van der Waals surface area contributed by atoms with Crippen LogP contribution < -0.4 is 15.8 Å². The molecule has 1 aliphatic rings. The molecule has 0 saturated heterocycles. The smallest absolute Gasteiger partial charge is 0.311 e. The lowest BCUT2D eigenvalue weighted by Gasteiger charge is -2.29. The first-order chi connectivity index (χ1) is 41.0. The van der Waals surface area contributed by atoms with E-state index in [-0.39, 0.29) is 63.0 Å². The van der Waals surface area contributed by atoms with Crippen LogP contribution in [0.4, 0.5) is 0 Å². The number of nitrogens with zero attached hydrogens (tertiary/aromatic N) is 1. The lowest BCUT2D eigenvalue weighted by Crippen LogP contribution is -2.49. The summed E-state index contributed by atoms with van der Waals surface area (Å²) in [5, 5.41) is 2.89. The van der Waals surface area contributed by atoms with Gasteiger partial charge in [-0.15, -0.1) is 0 Å². The largest absolute Gasteiger partial charge is 0.491 e. The highest BCUT2D eigenvalue weighted by Crippen LogP contribution is 2.25. The Morgan fingerprint density at radius 3 is 1.36 bits per heavy atom. The van der Waals surface area contributed by atoms with Crippen molar-refractivity contribution in [2.75, 3.05) is 152 Å². The number of primary amides is 1. The minimum absolute atomic E-state index is 0.0126. The highest BCUT2D eigenvalue weighted by atomic mass is 16.6. The molecule has 0 radical (unpaired) electrons. The number of nitrogens with two attached hydrogens (primary N) is 1. The minimum Gasteiger partial charge on any atom is -0.491 e. The third-order valence-electron chi connectivity index (χ3n) is 13.0. The summed E-state index contributed by atoms with van der Waals surface area (Å²) >= 11 is 0. The van der Waals surface area contributed by atoms with E-state index in [9.17, 15) is 33.6 Å². The van der Waals surface area contributed by atoms with Crippen molar-refractivity contribution in [3.8, 4) is 5.75 Å². The average molecular weight is 1200 g/mol. The number of ether oxygens (including phenoxy) is 13. The number of imide groups is 1. The van der Waals surface area contributed by atoms with Crippen molar-refractivity contribution in [1.29, 1.82) is 0 Å². The molecule has 85 heavy (non-hydrogen) atoms. The van der Waals surface area contributed by atoms with E-state index in [2.05, 4.69) is 5.32 Å². The van der Waals surface area contributed by atoms with Crippen molar-refractivity contribution in [1.82, 2.24) is 10.2 Å². The molecule has 0 fully saturated rings. The summed E-state index contributed by atoms with van der Waals surface area (Å²) in [6.07, 6.45) is 3.04. The molecule has 2 aromatic rings. The van der Waals surface area contributed by atoms with Crippen LogP contribution in [0.15, 0.2) is 60.7 Å². The Bertz CT molecular complexity index is 2220. The number of hydrogen-bond acceptors (Lipinski definition) is 20. The van der Waals surface area contributed by atoms with Gasteiger partial charge in [-0.05, 0) is 68.4 Å². The van der Waals surface area contributed by atoms with Crippen LogP contribution in [-0.4, -0.2) is 211 Å². The third kappa shape index (κ3) is 33.8. The summed E-state index contributed by atoms with van der Waals surface area (Å²) in [7, 11) is 1.63. The predicted octanol–water partition coefficient (Wildman–Crippen LogP) is 4.38. The summed E-state index contributed by atoms with van der Waals surface area (Å²) in [5.74, 6) is -4.17. The van der Waals surface area contributed by atoms with E-state index in [0.717, 1.165) is 22.6 Å². The molecule has 23 heteroatoms. The van der Waals surface area contributed by atoms with Crippen LogP contribution in [0.3, 0.4) is 0 Å². The molecule has 0 spiro atoms. The number of esters is 1. The number of rotatable bonds is 53. The van der Waals surface area contributed by atoms with E-state index < -0.39 is 52.8 Å². The SMILES string of the molecule is COCCOCCOCCOCCOCCOCCOCCOCCOCCOCCOCCOc1ccc(C[C@@H](C(=O)C[C@H](C(=O)N[C@@H](CCCCC(N)=O)C(=O)Cc2ccc(COC(=O)C(C)(C)C)cc2)C(C)C)N2C(=O)C=CC2=O)cc1. The van der Waals surface area contributed by atoms with Crippen LogP contribution in [0.5, 0.6) is 5.75 Å². The maximum Gasteiger partial charge on any atom is 0.311 e. The highest BCUT2D eigenvalue weighted by molar-refractivity contribution is 6.15. The van der Waals surface area contributed by atoms with Crippen LogP contribution in [0.1, 0.15) is 83.4 Å². The minimum atomic E-state index is -1.22. The predicted molar refractivity (Wildman–Crippen MR) is 312 cm³/mol. The molecule has 0 bridgehead atoms. The van der Waals surface area contributed by atoms with Gasteiger partial charge in [-0.3, -0.25) is 38.5 Å². The lowest BCUT2D eigenvalue weighted by molar-refractivity contribution is -0.154. The monoisotopic (exact) mass is 1200 g/mol. The van der Waals surface area contributed by atoms with Crippen molar-refractivity contribution < 1.29 is 95.1 Å². The Balaban J connectivity index is 1.30. The van der Waals surface area contributed by atoms with Gasteiger partial charge in [-0.2, -0.15) is 0 Å². The van der Waals surface area contributed by atoms with Crippen LogP contribution in [-0.2, 0) is 110 Å². The van der Waals surface area contributed by atoms with Crippen LogP contribution in [0, 0.1) is 17.3 Å². The van der Waals surface area contributed by atoms with Crippen molar-refractivity contribution in [3.63, 3.8) is 0 Å². The molecule has 0 aliphatic carbocycles. The van der Waals surface area contributed by atoms with Crippen molar-refractivity contribution in [2.24, 2.45) is 23.0 Å². The molecule has 1 heterocycles. The zero-order chi connectivity index (χ0) is 61.9. The summed E-state index contributed by atoms with van der Waals surface area (Å²) in [6.45, 7) is 18.8. The van der Waals surface area contributed by atoms with Gasteiger partial charge >= 0.3 is 5.97 Å². The number of Topliss-reactive ketones (excluding diaryl/α,β-unsaturated/α-hetero) is 2. The van der Waals surface area contributed by atoms with E-state index in [1.165, 1.54) is 0 Å². The lowest BCUT2D eigenvalue weighted by atomic mass is 9.86. The van der Waals surface area contributed by atoms with Crippen LogP contribution >= 0.6 is 0 Å². The van der Waals surface area contributed by atoms with Gasteiger partial charge in [-0.25, -0.2) is 0 Å². The summed E-state index contributed by atoms with van der Waals surface area (Å²) in [4.78, 5) is 93.0. The molecule has 3 rings (SSSR count). The Morgan fingerprint density at radius 1 is 0.541 bits per heavy atom. The van der Waals surface area contributed by atoms with Gasteiger partial charge in [0.1, 0.15) is 25.0 Å². The number of carbonyl (C=O) groups excluding carboxylic acids is 7. The second kappa shape index (κ2) is 44.8. The fraction of sp³-hybridized carbons (Fsp3) is 0.661. The molecule has 0 saturated carbocycles. The first kappa shape index (κ1) is 73.7. The molecule has 3 atom stereocenters. The molecular weight excluding hydrogens is 1110 g/mol. The highest BCUT2D eigenvalue weighted by Gasteiger charge is 2.39. The summed E-state index contributed by atoms with van der Waals surface area (Å²) < 4.78 is 71.2. The number of amides is 4. The van der Waals surface area contributed by atoms with Crippen LogP contribution in [0.25, 0.3) is 0 Å². The fourth-order valence-electron chi connectivity index (χ4n) is 8.12. The molecule has 0 unspecified atom stereocenters. The van der Waals surface area contributed by atoms with Gasteiger partial charge < -0.3 is 72.6 Å². The number of carbonyl (C=O) groups is 7. The first-order valence-corrected chi connectivity index (χ1v) is 29.4. The molecule has 23 nitrogen and oxygen atoms in total. The van der Waals surface area contributed by atoms with Crippen LogP contribution in [0.2, 0.25) is 0 Å². The quantitative estimate of drug-likeness (QED) is 0.0528. The number of benzene rings is 2. The second-order valence-electron chi connectivity index (χ2n) is 21.3. The topological polar surface area (TPSA) is 281 Å². The molecule has 2 aromatic carbocycles. The number of hydrogen-bond donors (Lipinski definition) is 2. The summed E-state index contributed by atoms with van der Waals surface area (Å²) in [6, 6.07) is 11.8. The Morgan fingerprint density at radius 2 is 0.953 bits per heavy atom. The third-order valence-corrected chi connectivity index (χ3v) is 13.0. The Kier molecular flexibility index (Phi) is 38.9. The number of nitrogens with one attached hydrogen (secondary N) is 1. The van der Waals surface area contributed by atoms with Gasteiger partial charge in [0.15, 0.2) is 11.6 Å². The van der Waals surface area contributed by atoms with Crippen molar-refractivity contribution in [2.45, 2.75) is 98.3 Å². The van der Waals surface area contributed by atoms with E-state index in [1.807, 2.05) is 0 Å². The van der Waals surface area contributed by atoms with Gasteiger partial charge in [0.05, 0.1) is 150 Å². The maximum absolute atomic E-state index is 14.3. The zero-order valence-electron chi connectivity index (χ0n) is 51.0. The molecular formula is C62H95N3O20. The number of methoxy groups -OCH3 is 1.